The molecule has 84 valence electrons. The van der Waals surface area contributed by atoms with Gasteiger partial charge in [-0.1, -0.05) is 48.5 Å². The second kappa shape index (κ2) is 5.61. The van der Waals surface area contributed by atoms with Crippen molar-refractivity contribution in [1.82, 2.24) is 0 Å². The van der Waals surface area contributed by atoms with Gasteiger partial charge in [-0.3, -0.25) is 0 Å². The van der Waals surface area contributed by atoms with Gasteiger partial charge in [0, 0.05) is 11.3 Å². The maximum absolute atomic E-state index is 5.77. The molecule has 0 aromatic heterocycles. The maximum Gasteiger partial charge on any atom is 0.0588 e. The number of anilines is 1. The summed E-state index contributed by atoms with van der Waals surface area (Å²) in [5.74, 6) is 0. The van der Waals surface area contributed by atoms with Crippen LogP contribution in [0.1, 0.15) is 11.1 Å². The first-order valence-electron chi connectivity index (χ1n) is 5.32. The lowest BCUT2D eigenvalue weighted by molar-refractivity contribution is 1.26. The van der Waals surface area contributed by atoms with Gasteiger partial charge < -0.3 is 5.73 Å². The molecule has 0 amide bonds. The Morgan fingerprint density at radius 2 is 1.41 bits per heavy atom. The van der Waals surface area contributed by atoms with E-state index in [0.717, 1.165) is 11.1 Å². The Hall–Kier alpha value is -2.42. The molecule has 0 bridgehead atoms. The molecule has 2 aromatic rings. The number of benzene rings is 2. The topological polar surface area (TPSA) is 50.7 Å². The first kappa shape index (κ1) is 11.1. The Balaban J connectivity index is 2.04. The maximum atomic E-state index is 5.77. The van der Waals surface area contributed by atoms with Crippen molar-refractivity contribution in [2.45, 2.75) is 0 Å². The number of para-hydroxylation sites is 1. The van der Waals surface area contributed by atoms with E-state index in [1.807, 2.05) is 54.6 Å². The van der Waals surface area contributed by atoms with E-state index < -0.39 is 0 Å². The third-order valence-corrected chi connectivity index (χ3v) is 2.27. The first-order valence-corrected chi connectivity index (χ1v) is 5.32. The molecule has 0 aliphatic rings. The van der Waals surface area contributed by atoms with E-state index in [2.05, 4.69) is 10.2 Å². The minimum Gasteiger partial charge on any atom is -0.398 e. The lowest BCUT2D eigenvalue weighted by Gasteiger charge is -1.95. The van der Waals surface area contributed by atoms with E-state index in [0.29, 0.717) is 5.69 Å². The lowest BCUT2D eigenvalue weighted by atomic mass is 10.2. The van der Waals surface area contributed by atoms with Crippen LogP contribution in [0.15, 0.2) is 64.8 Å². The molecule has 3 nitrogen and oxygen atoms in total. The van der Waals surface area contributed by atoms with E-state index in [4.69, 9.17) is 5.73 Å². The van der Waals surface area contributed by atoms with Crippen molar-refractivity contribution < 1.29 is 0 Å². The summed E-state index contributed by atoms with van der Waals surface area (Å²) in [4.78, 5) is 0. The summed E-state index contributed by atoms with van der Waals surface area (Å²) in [7, 11) is 0. The van der Waals surface area contributed by atoms with Gasteiger partial charge >= 0.3 is 0 Å². The van der Waals surface area contributed by atoms with Crippen molar-refractivity contribution in [1.29, 1.82) is 0 Å². The van der Waals surface area contributed by atoms with Crippen LogP contribution >= 0.6 is 0 Å². The van der Waals surface area contributed by atoms with Gasteiger partial charge in [0.2, 0.25) is 0 Å². The molecule has 0 aliphatic heterocycles. The average Bonchev–Trinajstić information content (AvgIpc) is 2.38. The Kier molecular flexibility index (Phi) is 3.65. The number of hydrogen-bond acceptors (Lipinski definition) is 3. The quantitative estimate of drug-likeness (QED) is 0.485. The zero-order valence-corrected chi connectivity index (χ0v) is 9.32. The molecule has 17 heavy (non-hydrogen) atoms. The molecule has 0 heterocycles. The van der Waals surface area contributed by atoms with Gasteiger partial charge in [0.1, 0.15) is 0 Å². The van der Waals surface area contributed by atoms with Gasteiger partial charge in [-0.05, 0) is 11.6 Å². The molecule has 0 spiro atoms. The monoisotopic (exact) mass is 223 g/mol. The van der Waals surface area contributed by atoms with Gasteiger partial charge in [-0.15, -0.1) is 0 Å². The highest BCUT2D eigenvalue weighted by Crippen LogP contribution is 2.07. The molecule has 2 N–H and O–H groups in total. The second-order valence-electron chi connectivity index (χ2n) is 3.53. The molecule has 0 unspecified atom stereocenters. The summed E-state index contributed by atoms with van der Waals surface area (Å²) in [5, 5.41) is 7.93. The van der Waals surface area contributed by atoms with E-state index >= 15 is 0 Å². The molecular weight excluding hydrogens is 210 g/mol. The summed E-state index contributed by atoms with van der Waals surface area (Å²) >= 11 is 0. The second-order valence-corrected chi connectivity index (χ2v) is 3.53. The Labute approximate surface area is 100 Å². The van der Waals surface area contributed by atoms with Crippen LogP contribution in [0.5, 0.6) is 0 Å². The van der Waals surface area contributed by atoms with Gasteiger partial charge in [0.05, 0.1) is 12.4 Å². The average molecular weight is 223 g/mol. The Morgan fingerprint density at radius 3 is 2.18 bits per heavy atom. The largest absolute Gasteiger partial charge is 0.398 e. The fourth-order valence-corrected chi connectivity index (χ4v) is 1.36. The number of rotatable bonds is 3. The van der Waals surface area contributed by atoms with Gasteiger partial charge in [0.15, 0.2) is 0 Å². The molecule has 0 radical (unpaired) electrons. The molecule has 0 aliphatic carbocycles. The molecule has 0 saturated carbocycles. The van der Waals surface area contributed by atoms with Crippen LogP contribution in [-0.4, -0.2) is 12.4 Å². The van der Waals surface area contributed by atoms with Crippen LogP contribution in [0.25, 0.3) is 0 Å². The molecule has 2 aromatic carbocycles. The number of hydrogen-bond donors (Lipinski definition) is 1. The molecule has 3 heteroatoms. The molecular formula is C14H13N3. The number of nitrogens with zero attached hydrogens (tertiary/aromatic N) is 2. The fourth-order valence-electron chi connectivity index (χ4n) is 1.36. The van der Waals surface area contributed by atoms with Crippen molar-refractivity contribution in [2.24, 2.45) is 10.2 Å². The molecule has 0 atom stereocenters. The van der Waals surface area contributed by atoms with Crippen LogP contribution in [0.2, 0.25) is 0 Å². The SMILES string of the molecule is Nc1ccccc1C=NN=Cc1ccccc1. The Bertz CT molecular complexity index is 530. The van der Waals surface area contributed by atoms with Crippen molar-refractivity contribution in [3.63, 3.8) is 0 Å². The van der Waals surface area contributed by atoms with Crippen LogP contribution in [0, 0.1) is 0 Å². The third kappa shape index (κ3) is 3.28. The van der Waals surface area contributed by atoms with E-state index in [1.54, 1.807) is 12.4 Å². The Morgan fingerprint density at radius 1 is 0.765 bits per heavy atom. The minimum atomic E-state index is 0.700. The summed E-state index contributed by atoms with van der Waals surface area (Å²) in [6.45, 7) is 0. The van der Waals surface area contributed by atoms with Crippen LogP contribution in [0.3, 0.4) is 0 Å². The molecule has 0 fully saturated rings. The smallest absolute Gasteiger partial charge is 0.0588 e. The van der Waals surface area contributed by atoms with Gasteiger partial charge in [-0.2, -0.15) is 10.2 Å². The molecule has 0 saturated heterocycles. The van der Waals surface area contributed by atoms with E-state index in [1.165, 1.54) is 0 Å². The summed E-state index contributed by atoms with van der Waals surface area (Å²) < 4.78 is 0. The van der Waals surface area contributed by atoms with Crippen LogP contribution in [0.4, 0.5) is 5.69 Å². The van der Waals surface area contributed by atoms with E-state index in [-0.39, 0.29) is 0 Å². The van der Waals surface area contributed by atoms with E-state index in [9.17, 15) is 0 Å². The fraction of sp³-hybridized carbons (Fsp3) is 0. The van der Waals surface area contributed by atoms with Crippen molar-refractivity contribution >= 4 is 18.1 Å². The predicted molar refractivity (Wildman–Crippen MR) is 72.5 cm³/mol. The number of nitrogens with two attached hydrogens (primary N) is 1. The summed E-state index contributed by atoms with van der Waals surface area (Å²) in [6, 6.07) is 17.4. The first-order chi connectivity index (χ1) is 8.36. The predicted octanol–water partition coefficient (Wildman–Crippen LogP) is 2.72. The normalized spacial score (nSPS) is 11.3. The van der Waals surface area contributed by atoms with Gasteiger partial charge in [0.25, 0.3) is 0 Å². The summed E-state index contributed by atoms with van der Waals surface area (Å²) in [5.41, 5.74) is 8.36. The van der Waals surface area contributed by atoms with Crippen molar-refractivity contribution in [3.05, 3.63) is 65.7 Å². The van der Waals surface area contributed by atoms with Gasteiger partial charge in [-0.25, -0.2) is 0 Å². The highest BCUT2D eigenvalue weighted by atomic mass is 15.2. The zero-order chi connectivity index (χ0) is 11.9. The standard InChI is InChI=1S/C14H13N3/c15-14-9-5-4-8-13(14)11-17-16-10-12-6-2-1-3-7-12/h1-11H,15H2. The van der Waals surface area contributed by atoms with Crippen LogP contribution < -0.4 is 5.73 Å². The molecule has 2 rings (SSSR count). The highest BCUT2D eigenvalue weighted by Gasteiger charge is 1.91. The number of nitrogen functional groups attached to an aromatic ring is 1. The summed E-state index contributed by atoms with van der Waals surface area (Å²) in [6.07, 6.45) is 3.35. The zero-order valence-electron chi connectivity index (χ0n) is 9.32. The third-order valence-electron chi connectivity index (χ3n) is 2.27. The van der Waals surface area contributed by atoms with Crippen molar-refractivity contribution in [3.8, 4) is 0 Å². The highest BCUT2D eigenvalue weighted by molar-refractivity contribution is 5.87. The minimum absolute atomic E-state index is 0.700. The lowest BCUT2D eigenvalue weighted by Crippen LogP contribution is -1.91. The van der Waals surface area contributed by atoms with Crippen LogP contribution in [-0.2, 0) is 0 Å². The van der Waals surface area contributed by atoms with Crippen molar-refractivity contribution in [2.75, 3.05) is 5.73 Å².